The second kappa shape index (κ2) is 9.62. The lowest BCUT2D eigenvalue weighted by Crippen LogP contribution is -2.39. The molecule has 0 fully saturated rings. The Balaban J connectivity index is 2.30. The minimum Gasteiger partial charge on any atom is -0.444 e. The molecule has 4 nitrogen and oxygen atoms in total. The normalized spacial score (nSPS) is 13.0. The quantitative estimate of drug-likeness (QED) is 0.710. The maximum atomic E-state index is 12.9. The van der Waals surface area contributed by atoms with E-state index in [-0.39, 0.29) is 11.9 Å². The lowest BCUT2D eigenvalue weighted by atomic mass is 9.95. The molecule has 0 radical (unpaired) electrons. The summed E-state index contributed by atoms with van der Waals surface area (Å²) in [5.41, 5.74) is 0.627. The van der Waals surface area contributed by atoms with E-state index < -0.39 is 5.60 Å². The largest absolute Gasteiger partial charge is 0.444 e. The maximum absolute atomic E-state index is 12.9. The van der Waals surface area contributed by atoms with Gasteiger partial charge in [-0.3, -0.25) is 0 Å². The second-order valence-corrected chi connectivity index (χ2v) is 7.47. The fraction of sp³-hybridized carbons (Fsp3) is 0.632. The molecule has 24 heavy (non-hydrogen) atoms. The maximum Gasteiger partial charge on any atom is 0.407 e. The van der Waals surface area contributed by atoms with Crippen LogP contribution in [0.2, 0.25) is 0 Å². The Morgan fingerprint density at radius 1 is 1.17 bits per heavy atom. The van der Waals surface area contributed by atoms with Crippen LogP contribution in [0.4, 0.5) is 9.18 Å². The molecule has 1 amide bonds. The molecule has 0 aliphatic carbocycles. The fourth-order valence-corrected chi connectivity index (χ4v) is 2.24. The highest BCUT2D eigenvalue weighted by Gasteiger charge is 2.18. The van der Waals surface area contributed by atoms with Gasteiger partial charge >= 0.3 is 6.09 Å². The van der Waals surface area contributed by atoms with Crippen LogP contribution in [0.3, 0.4) is 0 Å². The van der Waals surface area contributed by atoms with Crippen molar-refractivity contribution in [1.29, 1.82) is 0 Å². The van der Waals surface area contributed by atoms with Gasteiger partial charge < -0.3 is 15.4 Å². The van der Waals surface area contributed by atoms with E-state index in [1.54, 1.807) is 12.1 Å². The van der Waals surface area contributed by atoms with Gasteiger partial charge in [-0.15, -0.1) is 0 Å². The summed E-state index contributed by atoms with van der Waals surface area (Å²) >= 11 is 0. The van der Waals surface area contributed by atoms with Gasteiger partial charge in [0.15, 0.2) is 0 Å². The van der Waals surface area contributed by atoms with Gasteiger partial charge in [-0.05, 0) is 69.8 Å². The Hall–Kier alpha value is -1.62. The SMILES string of the molecule is CC(C)C(CNCCc1ccc(F)cc1)CNC(=O)OC(C)(C)C. The van der Waals surface area contributed by atoms with E-state index in [1.165, 1.54) is 12.1 Å². The number of amides is 1. The Labute approximate surface area is 145 Å². The number of hydrogen-bond donors (Lipinski definition) is 2. The lowest BCUT2D eigenvalue weighted by molar-refractivity contribution is 0.0515. The third-order valence-electron chi connectivity index (χ3n) is 3.76. The van der Waals surface area contributed by atoms with E-state index in [0.29, 0.717) is 18.4 Å². The molecule has 0 aliphatic rings. The van der Waals surface area contributed by atoms with Crippen LogP contribution < -0.4 is 10.6 Å². The first-order valence-electron chi connectivity index (χ1n) is 8.59. The average molecular weight is 338 g/mol. The number of rotatable bonds is 8. The van der Waals surface area contributed by atoms with Crippen molar-refractivity contribution < 1.29 is 13.9 Å². The predicted molar refractivity (Wildman–Crippen MR) is 95.5 cm³/mol. The van der Waals surface area contributed by atoms with Crippen LogP contribution in [-0.2, 0) is 11.2 Å². The number of nitrogens with one attached hydrogen (secondary N) is 2. The molecule has 0 bridgehead atoms. The molecule has 0 saturated carbocycles. The summed E-state index contributed by atoms with van der Waals surface area (Å²) in [6.45, 7) is 12.1. The van der Waals surface area contributed by atoms with Crippen LogP contribution in [0.5, 0.6) is 0 Å². The van der Waals surface area contributed by atoms with Crippen LogP contribution in [-0.4, -0.2) is 31.3 Å². The monoisotopic (exact) mass is 338 g/mol. The van der Waals surface area contributed by atoms with Crippen LogP contribution in [0, 0.1) is 17.7 Å². The first-order valence-corrected chi connectivity index (χ1v) is 8.59. The van der Waals surface area contributed by atoms with Crippen LogP contribution >= 0.6 is 0 Å². The number of ether oxygens (including phenoxy) is 1. The van der Waals surface area contributed by atoms with Crippen LogP contribution in [0.15, 0.2) is 24.3 Å². The van der Waals surface area contributed by atoms with E-state index in [4.69, 9.17) is 4.74 Å². The number of alkyl carbamates (subject to hydrolysis) is 1. The number of halogens is 1. The Morgan fingerprint density at radius 3 is 2.33 bits per heavy atom. The first kappa shape index (κ1) is 20.4. The van der Waals surface area contributed by atoms with Gasteiger partial charge in [0, 0.05) is 6.54 Å². The highest BCUT2D eigenvalue weighted by molar-refractivity contribution is 5.67. The minimum atomic E-state index is -0.481. The average Bonchev–Trinajstić information content (AvgIpc) is 2.46. The zero-order valence-corrected chi connectivity index (χ0v) is 15.5. The van der Waals surface area contributed by atoms with Gasteiger partial charge in [0.2, 0.25) is 0 Å². The zero-order valence-electron chi connectivity index (χ0n) is 15.5. The fourth-order valence-electron chi connectivity index (χ4n) is 2.24. The summed E-state index contributed by atoms with van der Waals surface area (Å²) < 4.78 is 18.1. The molecule has 5 heteroatoms. The molecule has 1 rings (SSSR count). The third kappa shape index (κ3) is 8.87. The van der Waals surface area contributed by atoms with Gasteiger partial charge in [-0.2, -0.15) is 0 Å². The molecular weight excluding hydrogens is 307 g/mol. The Bertz CT molecular complexity index is 495. The third-order valence-corrected chi connectivity index (χ3v) is 3.76. The van der Waals surface area contributed by atoms with Crippen molar-refractivity contribution in [3.05, 3.63) is 35.6 Å². The summed E-state index contributed by atoms with van der Waals surface area (Å²) in [5, 5.41) is 6.26. The van der Waals surface area contributed by atoms with Gasteiger partial charge in [-0.25, -0.2) is 9.18 Å². The Morgan fingerprint density at radius 2 is 1.79 bits per heavy atom. The molecule has 1 aromatic carbocycles. The number of benzene rings is 1. The van der Waals surface area contributed by atoms with Crippen molar-refractivity contribution in [1.82, 2.24) is 10.6 Å². The summed E-state index contributed by atoms with van der Waals surface area (Å²) in [6, 6.07) is 6.58. The van der Waals surface area contributed by atoms with Crippen molar-refractivity contribution in [2.75, 3.05) is 19.6 Å². The van der Waals surface area contributed by atoms with Crippen molar-refractivity contribution in [3.8, 4) is 0 Å². The molecule has 0 aliphatic heterocycles. The smallest absolute Gasteiger partial charge is 0.407 e. The summed E-state index contributed by atoms with van der Waals surface area (Å²) in [5.74, 6) is 0.559. The number of carbonyl (C=O) groups excluding carboxylic acids is 1. The topological polar surface area (TPSA) is 50.4 Å². The minimum absolute atomic E-state index is 0.209. The first-order chi connectivity index (χ1) is 11.2. The summed E-state index contributed by atoms with van der Waals surface area (Å²) in [6.07, 6.45) is 0.476. The van der Waals surface area contributed by atoms with Crippen LogP contribution in [0.1, 0.15) is 40.2 Å². The Kier molecular flexibility index (Phi) is 8.19. The summed E-state index contributed by atoms with van der Waals surface area (Å²) in [4.78, 5) is 11.7. The molecule has 0 saturated heterocycles. The highest BCUT2D eigenvalue weighted by Crippen LogP contribution is 2.10. The van der Waals surface area contributed by atoms with Crippen molar-refractivity contribution >= 4 is 6.09 Å². The van der Waals surface area contributed by atoms with Gasteiger partial charge in [0.25, 0.3) is 0 Å². The molecule has 2 N–H and O–H groups in total. The molecule has 136 valence electrons. The van der Waals surface area contributed by atoms with Gasteiger partial charge in [-0.1, -0.05) is 26.0 Å². The second-order valence-electron chi connectivity index (χ2n) is 7.47. The molecule has 1 unspecified atom stereocenters. The van der Waals surface area contributed by atoms with Crippen molar-refractivity contribution in [2.24, 2.45) is 11.8 Å². The molecule has 1 aromatic rings. The molecule has 0 spiro atoms. The van der Waals surface area contributed by atoms with Crippen molar-refractivity contribution in [3.63, 3.8) is 0 Å². The van der Waals surface area contributed by atoms with E-state index in [0.717, 1.165) is 25.1 Å². The van der Waals surface area contributed by atoms with Gasteiger partial charge in [0.1, 0.15) is 11.4 Å². The standard InChI is InChI=1S/C19H31FN2O2/c1-14(2)16(13-22-18(23)24-19(3,4)5)12-21-11-10-15-6-8-17(20)9-7-15/h6-9,14,16,21H,10-13H2,1-5H3,(H,22,23). The van der Waals surface area contributed by atoms with E-state index >= 15 is 0 Å². The van der Waals surface area contributed by atoms with Crippen molar-refractivity contribution in [2.45, 2.75) is 46.6 Å². The zero-order chi connectivity index (χ0) is 18.2. The van der Waals surface area contributed by atoms with Gasteiger partial charge in [0.05, 0.1) is 0 Å². The number of hydrogen-bond acceptors (Lipinski definition) is 3. The van der Waals surface area contributed by atoms with E-state index in [2.05, 4.69) is 24.5 Å². The summed E-state index contributed by atoms with van der Waals surface area (Å²) in [7, 11) is 0. The van der Waals surface area contributed by atoms with E-state index in [9.17, 15) is 9.18 Å². The lowest BCUT2D eigenvalue weighted by Gasteiger charge is -2.24. The molecular formula is C19H31FN2O2. The number of carbonyl (C=O) groups is 1. The molecule has 0 aromatic heterocycles. The molecule has 1 atom stereocenters. The van der Waals surface area contributed by atoms with E-state index in [1.807, 2.05) is 20.8 Å². The molecule has 0 heterocycles. The predicted octanol–water partition coefficient (Wildman–Crippen LogP) is 3.75. The highest BCUT2D eigenvalue weighted by atomic mass is 19.1. The van der Waals surface area contributed by atoms with Crippen LogP contribution in [0.25, 0.3) is 0 Å².